The van der Waals surface area contributed by atoms with Crippen LogP contribution >= 0.6 is 0 Å². The molecular formula is C12H16N2O6. The van der Waals surface area contributed by atoms with Gasteiger partial charge in [-0.2, -0.15) is 0 Å². The van der Waals surface area contributed by atoms with Gasteiger partial charge in [-0.1, -0.05) is 12.1 Å². The molecule has 8 heteroatoms. The van der Waals surface area contributed by atoms with Gasteiger partial charge in [0.25, 0.3) is 5.69 Å². The summed E-state index contributed by atoms with van der Waals surface area (Å²) in [5, 5.41) is 40.2. The Hall–Kier alpha value is -2.03. The average Bonchev–Trinajstić information content (AvgIpc) is 2.45. The summed E-state index contributed by atoms with van der Waals surface area (Å²) in [6.07, 6.45) is -0.163. The molecule has 20 heavy (non-hydrogen) atoms. The van der Waals surface area contributed by atoms with Crippen LogP contribution in [-0.2, 0) is 11.2 Å². The SMILES string of the molecule is O=C(Cc1cccc([N+](=O)[O-])c1)NC(CO)(CO)CO. The molecule has 0 aliphatic carbocycles. The number of carbonyl (C=O) groups is 1. The van der Waals surface area contributed by atoms with Crippen molar-refractivity contribution in [1.82, 2.24) is 5.32 Å². The van der Waals surface area contributed by atoms with E-state index in [1.54, 1.807) is 6.07 Å². The number of nitrogens with one attached hydrogen (secondary N) is 1. The Bertz CT molecular complexity index is 478. The normalized spacial score (nSPS) is 11.2. The minimum absolute atomic E-state index is 0.131. The van der Waals surface area contributed by atoms with Crippen molar-refractivity contribution in [2.24, 2.45) is 0 Å². The third kappa shape index (κ3) is 3.98. The second-order valence-corrected chi connectivity index (χ2v) is 4.41. The van der Waals surface area contributed by atoms with Crippen LogP contribution in [0.3, 0.4) is 0 Å². The molecule has 0 aromatic heterocycles. The van der Waals surface area contributed by atoms with Gasteiger partial charge in [0.1, 0.15) is 5.54 Å². The van der Waals surface area contributed by atoms with Gasteiger partial charge < -0.3 is 20.6 Å². The van der Waals surface area contributed by atoms with Gasteiger partial charge in [-0.15, -0.1) is 0 Å². The first kappa shape index (κ1) is 16.0. The first-order valence-electron chi connectivity index (χ1n) is 5.83. The van der Waals surface area contributed by atoms with Crippen molar-refractivity contribution in [3.05, 3.63) is 39.9 Å². The van der Waals surface area contributed by atoms with E-state index in [0.717, 1.165) is 0 Å². The Morgan fingerprint density at radius 2 is 1.85 bits per heavy atom. The van der Waals surface area contributed by atoms with Crippen molar-refractivity contribution in [3.63, 3.8) is 0 Å². The minimum Gasteiger partial charge on any atom is -0.394 e. The van der Waals surface area contributed by atoms with E-state index in [4.69, 9.17) is 15.3 Å². The first-order chi connectivity index (χ1) is 9.46. The molecule has 1 rings (SSSR count). The van der Waals surface area contributed by atoms with Crippen molar-refractivity contribution in [2.75, 3.05) is 19.8 Å². The summed E-state index contributed by atoms with van der Waals surface area (Å²) in [6, 6.07) is 5.57. The molecule has 0 fully saturated rings. The van der Waals surface area contributed by atoms with Gasteiger partial charge in [0.15, 0.2) is 0 Å². The van der Waals surface area contributed by atoms with Crippen LogP contribution in [0.5, 0.6) is 0 Å². The highest BCUT2D eigenvalue weighted by Crippen LogP contribution is 2.14. The number of carbonyl (C=O) groups excluding carboxylic acids is 1. The number of aliphatic hydroxyl groups excluding tert-OH is 3. The number of nitrogens with zero attached hydrogens (tertiary/aromatic N) is 1. The van der Waals surface area contributed by atoms with Gasteiger partial charge in [0.2, 0.25) is 5.91 Å². The highest BCUT2D eigenvalue weighted by atomic mass is 16.6. The number of nitro groups is 1. The zero-order valence-corrected chi connectivity index (χ0v) is 10.7. The third-order valence-electron chi connectivity index (χ3n) is 2.80. The molecule has 0 radical (unpaired) electrons. The monoisotopic (exact) mass is 284 g/mol. The van der Waals surface area contributed by atoms with E-state index in [-0.39, 0.29) is 12.1 Å². The molecule has 0 heterocycles. The molecule has 0 spiro atoms. The maximum Gasteiger partial charge on any atom is 0.269 e. The summed E-state index contributed by atoms with van der Waals surface area (Å²) in [7, 11) is 0. The lowest BCUT2D eigenvalue weighted by Crippen LogP contribution is -2.57. The number of non-ortho nitro benzene ring substituents is 1. The Morgan fingerprint density at radius 1 is 1.25 bits per heavy atom. The first-order valence-corrected chi connectivity index (χ1v) is 5.83. The van der Waals surface area contributed by atoms with E-state index >= 15 is 0 Å². The molecule has 0 bridgehead atoms. The molecule has 1 aromatic carbocycles. The largest absolute Gasteiger partial charge is 0.394 e. The van der Waals surface area contributed by atoms with Crippen LogP contribution in [-0.4, -0.2) is 51.5 Å². The standard InChI is InChI=1S/C12H16N2O6/c15-6-12(7-16,8-17)13-11(18)5-9-2-1-3-10(4-9)14(19)20/h1-4,15-17H,5-8H2,(H,13,18). The van der Waals surface area contributed by atoms with Crippen LogP contribution in [0.15, 0.2) is 24.3 Å². The fourth-order valence-corrected chi connectivity index (χ4v) is 1.57. The number of aliphatic hydroxyl groups is 3. The van der Waals surface area contributed by atoms with Crippen LogP contribution in [0.1, 0.15) is 5.56 Å². The molecule has 0 atom stereocenters. The van der Waals surface area contributed by atoms with Gasteiger partial charge in [-0.05, 0) is 5.56 Å². The topological polar surface area (TPSA) is 133 Å². The molecule has 1 aromatic rings. The van der Waals surface area contributed by atoms with Crippen molar-refractivity contribution < 1.29 is 25.0 Å². The molecule has 0 aliphatic rings. The number of hydrogen-bond donors (Lipinski definition) is 4. The smallest absolute Gasteiger partial charge is 0.269 e. The molecular weight excluding hydrogens is 268 g/mol. The summed E-state index contributed by atoms with van der Waals surface area (Å²) in [6.45, 7) is -1.87. The van der Waals surface area contributed by atoms with Gasteiger partial charge in [-0.3, -0.25) is 14.9 Å². The summed E-state index contributed by atoms with van der Waals surface area (Å²) in [4.78, 5) is 21.8. The predicted octanol–water partition coefficient (Wildman–Crippen LogP) is -1.03. The van der Waals surface area contributed by atoms with Gasteiger partial charge in [-0.25, -0.2) is 0 Å². The van der Waals surface area contributed by atoms with Crippen LogP contribution in [0.25, 0.3) is 0 Å². The molecule has 1 amide bonds. The van der Waals surface area contributed by atoms with E-state index in [9.17, 15) is 14.9 Å². The van der Waals surface area contributed by atoms with E-state index in [1.807, 2.05) is 0 Å². The maximum absolute atomic E-state index is 11.8. The summed E-state index contributed by atoms with van der Waals surface area (Å²) in [5.41, 5.74) is -1.22. The molecule has 0 saturated carbocycles. The number of benzene rings is 1. The number of nitro benzene ring substituents is 1. The summed E-state index contributed by atoms with van der Waals surface area (Å²) >= 11 is 0. The van der Waals surface area contributed by atoms with Crippen molar-refractivity contribution in [1.29, 1.82) is 0 Å². The Morgan fingerprint density at radius 3 is 2.35 bits per heavy atom. The second kappa shape index (κ2) is 6.94. The minimum atomic E-state index is -1.50. The number of rotatable bonds is 7. The van der Waals surface area contributed by atoms with Crippen molar-refractivity contribution in [3.8, 4) is 0 Å². The van der Waals surface area contributed by atoms with Crippen LogP contribution < -0.4 is 5.32 Å². The zero-order valence-electron chi connectivity index (χ0n) is 10.7. The Balaban J connectivity index is 2.76. The number of amides is 1. The van der Waals surface area contributed by atoms with E-state index < -0.39 is 36.2 Å². The summed E-state index contributed by atoms with van der Waals surface area (Å²) in [5.74, 6) is -0.567. The molecule has 0 unspecified atom stereocenters. The van der Waals surface area contributed by atoms with Crippen LogP contribution in [0.2, 0.25) is 0 Å². The van der Waals surface area contributed by atoms with Crippen molar-refractivity contribution in [2.45, 2.75) is 12.0 Å². The highest BCUT2D eigenvalue weighted by Gasteiger charge is 2.29. The lowest BCUT2D eigenvalue weighted by molar-refractivity contribution is -0.384. The van der Waals surface area contributed by atoms with E-state index in [1.165, 1.54) is 18.2 Å². The lowest BCUT2D eigenvalue weighted by Gasteiger charge is -2.28. The fourth-order valence-electron chi connectivity index (χ4n) is 1.57. The van der Waals surface area contributed by atoms with Crippen molar-refractivity contribution >= 4 is 11.6 Å². The molecule has 110 valence electrons. The van der Waals surface area contributed by atoms with E-state index in [0.29, 0.717) is 5.56 Å². The highest BCUT2D eigenvalue weighted by molar-refractivity contribution is 5.79. The maximum atomic E-state index is 11.8. The van der Waals surface area contributed by atoms with Gasteiger partial charge in [0.05, 0.1) is 31.2 Å². The Labute approximate surface area is 114 Å². The fraction of sp³-hybridized carbons (Fsp3) is 0.417. The quantitative estimate of drug-likeness (QED) is 0.374. The number of hydrogen-bond acceptors (Lipinski definition) is 6. The van der Waals surface area contributed by atoms with Gasteiger partial charge in [0, 0.05) is 12.1 Å². The van der Waals surface area contributed by atoms with Gasteiger partial charge >= 0.3 is 0 Å². The predicted molar refractivity (Wildman–Crippen MR) is 68.9 cm³/mol. The lowest BCUT2D eigenvalue weighted by atomic mass is 10.0. The molecule has 0 aliphatic heterocycles. The molecule has 4 N–H and O–H groups in total. The third-order valence-corrected chi connectivity index (χ3v) is 2.80. The summed E-state index contributed by atoms with van der Waals surface area (Å²) < 4.78 is 0. The zero-order chi connectivity index (χ0) is 15.2. The van der Waals surface area contributed by atoms with E-state index in [2.05, 4.69) is 5.32 Å². The molecule has 0 saturated heterocycles. The molecule has 8 nitrogen and oxygen atoms in total. The van der Waals surface area contributed by atoms with Crippen LogP contribution in [0.4, 0.5) is 5.69 Å². The Kier molecular flexibility index (Phi) is 5.56. The van der Waals surface area contributed by atoms with Crippen LogP contribution in [0, 0.1) is 10.1 Å². The second-order valence-electron chi connectivity index (χ2n) is 4.41. The average molecular weight is 284 g/mol.